The smallest absolute Gasteiger partial charge is 0.262 e. The fraction of sp³-hybridized carbons (Fsp3) is 0.147. The van der Waals surface area contributed by atoms with Crippen LogP contribution in [0.4, 0.5) is 0 Å². The molecule has 224 valence electrons. The van der Waals surface area contributed by atoms with Crippen LogP contribution in [0.25, 0.3) is 43.8 Å². The molecule has 0 radical (unpaired) electrons. The van der Waals surface area contributed by atoms with Gasteiger partial charge in [-0.3, -0.25) is 4.79 Å². The summed E-state index contributed by atoms with van der Waals surface area (Å²) in [7, 11) is 5.72. The molecule has 6 aromatic rings. The molecule has 0 spiro atoms. The number of rotatable bonds is 7. The molecule has 44 heavy (non-hydrogen) atoms. The van der Waals surface area contributed by atoms with Crippen LogP contribution in [-0.4, -0.2) is 48.9 Å². The first-order valence-corrected chi connectivity index (χ1v) is 13.4. The Bertz CT molecular complexity index is 2160. The van der Waals surface area contributed by atoms with Crippen LogP contribution in [0.5, 0.6) is 46.0 Å². The molecule has 0 saturated heterocycles. The molecule has 10 heteroatoms. The van der Waals surface area contributed by atoms with E-state index in [1.54, 1.807) is 30.3 Å². The number of phenolic OH excluding ortho intramolecular Hbond substituents is 4. The highest BCUT2D eigenvalue weighted by atomic mass is 16.5. The zero-order valence-electron chi connectivity index (χ0n) is 24.2. The van der Waals surface area contributed by atoms with Crippen LogP contribution >= 0.6 is 0 Å². The first kappa shape index (κ1) is 28.4. The molecule has 0 fully saturated rings. The van der Waals surface area contributed by atoms with Gasteiger partial charge in [0.15, 0.2) is 34.5 Å². The summed E-state index contributed by atoms with van der Waals surface area (Å²) in [6, 6.07) is 15.7. The topological polar surface area (TPSA) is 148 Å². The Morgan fingerprint density at radius 3 is 2.11 bits per heavy atom. The van der Waals surface area contributed by atoms with Crippen molar-refractivity contribution in [1.29, 1.82) is 0 Å². The maximum absolute atomic E-state index is 13.5. The third-order valence-electron chi connectivity index (χ3n) is 7.68. The Morgan fingerprint density at radius 2 is 1.41 bits per heavy atom. The van der Waals surface area contributed by atoms with Crippen LogP contribution < -0.4 is 24.4 Å². The lowest BCUT2D eigenvalue weighted by molar-refractivity contribution is 0.373. The first-order valence-electron chi connectivity index (χ1n) is 13.4. The first-order chi connectivity index (χ1) is 21.2. The molecule has 0 amide bonds. The molecule has 5 aromatic carbocycles. The Balaban J connectivity index is 1.88. The SMILES string of the molecule is COc1cc(Cc2c(-c3ccc(O)cc3OC)c3cc(OC)c(=O)c(OC)c3c3cc4cc(O)c(O)cc4oc23)ccc1O. The molecule has 4 N–H and O–H groups in total. The summed E-state index contributed by atoms with van der Waals surface area (Å²) in [4.78, 5) is 13.5. The minimum Gasteiger partial charge on any atom is -0.508 e. The molecule has 0 aliphatic heterocycles. The van der Waals surface area contributed by atoms with E-state index in [-0.39, 0.29) is 52.3 Å². The van der Waals surface area contributed by atoms with Crippen LogP contribution in [-0.2, 0) is 6.42 Å². The number of ether oxygens (including phenoxy) is 4. The van der Waals surface area contributed by atoms with Crippen LogP contribution in [0.15, 0.2) is 69.9 Å². The summed E-state index contributed by atoms with van der Waals surface area (Å²) in [5.74, 6) is -0.0516. The fourth-order valence-electron chi connectivity index (χ4n) is 5.67. The molecule has 1 heterocycles. The Hall–Kier alpha value is -5.77. The predicted octanol–water partition coefficient (Wildman–Crippen LogP) is 6.21. The lowest BCUT2D eigenvalue weighted by Crippen LogP contribution is -2.10. The number of hydrogen-bond acceptors (Lipinski definition) is 10. The van der Waals surface area contributed by atoms with Gasteiger partial charge in [0.2, 0.25) is 0 Å². The van der Waals surface area contributed by atoms with Crippen molar-refractivity contribution >= 4 is 32.7 Å². The number of benzene rings is 5. The highest BCUT2D eigenvalue weighted by molar-refractivity contribution is 6.19. The lowest BCUT2D eigenvalue weighted by Gasteiger charge is -2.21. The van der Waals surface area contributed by atoms with Crippen LogP contribution in [0, 0.1) is 0 Å². The predicted molar refractivity (Wildman–Crippen MR) is 165 cm³/mol. The van der Waals surface area contributed by atoms with E-state index in [1.807, 2.05) is 0 Å². The molecule has 0 aliphatic carbocycles. The van der Waals surface area contributed by atoms with Gasteiger partial charge in [-0.25, -0.2) is 0 Å². The number of phenols is 4. The molecule has 1 aromatic heterocycles. The van der Waals surface area contributed by atoms with Gasteiger partial charge in [-0.05, 0) is 53.4 Å². The van der Waals surface area contributed by atoms with Crippen molar-refractivity contribution in [1.82, 2.24) is 0 Å². The van der Waals surface area contributed by atoms with Crippen molar-refractivity contribution in [2.24, 2.45) is 0 Å². The number of methoxy groups -OCH3 is 4. The van der Waals surface area contributed by atoms with Gasteiger partial charge in [0.05, 0.1) is 28.4 Å². The summed E-state index contributed by atoms with van der Waals surface area (Å²) in [5.41, 5.74) is 2.72. The fourth-order valence-corrected chi connectivity index (χ4v) is 5.67. The second kappa shape index (κ2) is 10.8. The largest absolute Gasteiger partial charge is 0.508 e. The van der Waals surface area contributed by atoms with Crippen molar-refractivity contribution in [2.75, 3.05) is 28.4 Å². The maximum Gasteiger partial charge on any atom is 0.262 e. The summed E-state index contributed by atoms with van der Waals surface area (Å²) in [6.45, 7) is 0. The molecular weight excluding hydrogens is 568 g/mol. The van der Waals surface area contributed by atoms with Gasteiger partial charge in [0, 0.05) is 51.4 Å². The van der Waals surface area contributed by atoms with E-state index in [2.05, 4.69) is 0 Å². The molecule has 0 bridgehead atoms. The van der Waals surface area contributed by atoms with Gasteiger partial charge in [-0.15, -0.1) is 0 Å². The summed E-state index contributed by atoms with van der Waals surface area (Å²) in [5, 5.41) is 43.1. The number of fused-ring (bicyclic) bond motifs is 4. The quantitative estimate of drug-likeness (QED) is 0.0952. The van der Waals surface area contributed by atoms with Gasteiger partial charge in [-0.1, -0.05) is 6.07 Å². The molecule has 0 atom stereocenters. The zero-order chi connectivity index (χ0) is 31.3. The van der Waals surface area contributed by atoms with E-state index in [9.17, 15) is 25.2 Å². The molecule has 0 aliphatic rings. The van der Waals surface area contributed by atoms with Gasteiger partial charge in [0.25, 0.3) is 5.43 Å². The van der Waals surface area contributed by atoms with Gasteiger partial charge < -0.3 is 43.8 Å². The molecule has 6 rings (SSSR count). The Morgan fingerprint density at radius 1 is 0.682 bits per heavy atom. The molecular formula is C34H28O10. The van der Waals surface area contributed by atoms with E-state index < -0.39 is 5.43 Å². The van der Waals surface area contributed by atoms with E-state index in [0.29, 0.717) is 49.6 Å². The van der Waals surface area contributed by atoms with Gasteiger partial charge >= 0.3 is 0 Å². The average Bonchev–Trinajstić information content (AvgIpc) is 3.02. The molecule has 10 nitrogen and oxygen atoms in total. The van der Waals surface area contributed by atoms with Crippen molar-refractivity contribution in [3.8, 4) is 57.1 Å². The summed E-state index contributed by atoms with van der Waals surface area (Å²) in [6.07, 6.45) is 0.241. The van der Waals surface area contributed by atoms with Crippen molar-refractivity contribution < 1.29 is 43.8 Å². The van der Waals surface area contributed by atoms with Crippen LogP contribution in [0.2, 0.25) is 0 Å². The van der Waals surface area contributed by atoms with Crippen molar-refractivity contribution in [3.63, 3.8) is 0 Å². The standard InChI is InChI=1S/C34H28O10/c1-40-27-13-18(35)6-7-19(27)30-20-14-29(42-3)32(39)34(43-4)31(20)22-11-17-12-24(37)25(38)15-26(17)44-33(22)21(30)9-16-5-8-23(36)28(10-16)41-2/h5-8,10-15,35-38H,9H2,1-4H3. The molecule has 0 unspecified atom stereocenters. The van der Waals surface area contributed by atoms with E-state index in [1.165, 1.54) is 58.8 Å². The third-order valence-corrected chi connectivity index (χ3v) is 7.68. The Labute approximate surface area is 250 Å². The van der Waals surface area contributed by atoms with Crippen LogP contribution in [0.3, 0.4) is 0 Å². The number of hydrogen-bond donors (Lipinski definition) is 4. The second-order valence-corrected chi connectivity index (χ2v) is 10.2. The normalized spacial score (nSPS) is 11.3. The van der Waals surface area contributed by atoms with Crippen molar-refractivity contribution in [3.05, 3.63) is 82.0 Å². The summed E-state index contributed by atoms with van der Waals surface area (Å²) < 4.78 is 28.7. The van der Waals surface area contributed by atoms with E-state index in [0.717, 1.165) is 5.56 Å². The highest BCUT2D eigenvalue weighted by Gasteiger charge is 2.26. The zero-order valence-corrected chi connectivity index (χ0v) is 24.2. The third kappa shape index (κ3) is 4.48. The highest BCUT2D eigenvalue weighted by Crippen LogP contribution is 2.48. The monoisotopic (exact) mass is 596 g/mol. The van der Waals surface area contributed by atoms with Crippen LogP contribution in [0.1, 0.15) is 11.1 Å². The maximum atomic E-state index is 13.5. The van der Waals surface area contributed by atoms with E-state index in [4.69, 9.17) is 23.4 Å². The number of aromatic hydroxyl groups is 4. The van der Waals surface area contributed by atoms with E-state index >= 15 is 0 Å². The minimum atomic E-state index is -0.475. The molecule has 0 saturated carbocycles. The minimum absolute atomic E-state index is 0.0107. The second-order valence-electron chi connectivity index (χ2n) is 10.2. The van der Waals surface area contributed by atoms with Crippen molar-refractivity contribution in [2.45, 2.75) is 6.42 Å². The lowest BCUT2D eigenvalue weighted by atomic mass is 9.86. The van der Waals surface area contributed by atoms with Gasteiger partial charge in [-0.2, -0.15) is 0 Å². The Kier molecular flexibility index (Phi) is 6.97. The summed E-state index contributed by atoms with van der Waals surface area (Å²) >= 11 is 0. The average molecular weight is 597 g/mol. The van der Waals surface area contributed by atoms with Gasteiger partial charge in [0.1, 0.15) is 22.7 Å².